The summed E-state index contributed by atoms with van der Waals surface area (Å²) in [5, 5.41) is 29.9. The minimum absolute atomic E-state index is 0.0165. The van der Waals surface area contributed by atoms with Crippen molar-refractivity contribution in [3.63, 3.8) is 0 Å². The molecule has 0 aliphatic carbocycles. The van der Waals surface area contributed by atoms with Crippen LogP contribution in [0.25, 0.3) is 10.8 Å². The number of hydrogen-bond donors (Lipinski definition) is 4. The van der Waals surface area contributed by atoms with Gasteiger partial charge in [-0.05, 0) is 36.9 Å². The average molecular weight is 405 g/mol. The summed E-state index contributed by atoms with van der Waals surface area (Å²) in [5.41, 5.74) is 1.14. The van der Waals surface area contributed by atoms with E-state index in [4.69, 9.17) is 9.84 Å². The predicted molar refractivity (Wildman–Crippen MR) is 114 cm³/mol. The monoisotopic (exact) mass is 405 g/mol. The molecule has 9 heteroatoms. The van der Waals surface area contributed by atoms with Crippen LogP contribution in [0, 0.1) is 11.3 Å². The van der Waals surface area contributed by atoms with Crippen molar-refractivity contribution in [2.45, 2.75) is 18.9 Å². The molecule has 1 saturated heterocycles. The maximum absolute atomic E-state index is 9.29. The molecule has 0 saturated carbocycles. The highest BCUT2D eigenvalue weighted by Crippen LogP contribution is 2.26. The zero-order valence-corrected chi connectivity index (χ0v) is 16.4. The molecule has 3 heterocycles. The molecule has 0 spiro atoms. The van der Waals surface area contributed by atoms with Crippen LogP contribution in [0.2, 0.25) is 0 Å². The number of rotatable bonds is 8. The van der Waals surface area contributed by atoms with Crippen molar-refractivity contribution >= 4 is 28.1 Å². The fourth-order valence-corrected chi connectivity index (χ4v) is 3.31. The molecule has 4 N–H and O–H groups in total. The molecule has 1 atom stereocenters. The number of nitrogens with one attached hydrogen (secondary N) is 3. The lowest BCUT2D eigenvalue weighted by Crippen LogP contribution is -2.21. The lowest BCUT2D eigenvalue weighted by molar-refractivity contribution is 0.212. The predicted octanol–water partition coefficient (Wildman–Crippen LogP) is 2.18. The Bertz CT molecular complexity index is 1060. The summed E-state index contributed by atoms with van der Waals surface area (Å²) in [7, 11) is 0. The Morgan fingerprint density at radius 2 is 2.20 bits per heavy atom. The number of ether oxygens (including phenoxy) is 1. The molecule has 2 aromatic heterocycles. The Morgan fingerprint density at radius 3 is 3.00 bits per heavy atom. The van der Waals surface area contributed by atoms with E-state index in [-0.39, 0.29) is 24.3 Å². The van der Waals surface area contributed by atoms with E-state index in [2.05, 4.69) is 30.9 Å². The van der Waals surface area contributed by atoms with Crippen LogP contribution in [-0.4, -0.2) is 52.4 Å². The first-order chi connectivity index (χ1) is 14.8. The van der Waals surface area contributed by atoms with Gasteiger partial charge in [0.2, 0.25) is 5.69 Å². The van der Waals surface area contributed by atoms with Gasteiger partial charge in [0.15, 0.2) is 5.82 Å². The maximum atomic E-state index is 9.29. The van der Waals surface area contributed by atoms with E-state index in [1.54, 1.807) is 6.20 Å². The second-order valence-electron chi connectivity index (χ2n) is 6.98. The number of aromatic nitrogens is 3. The third-order valence-electron chi connectivity index (χ3n) is 4.81. The summed E-state index contributed by atoms with van der Waals surface area (Å²) in [4.78, 5) is 13.1. The Hall–Kier alpha value is -3.48. The summed E-state index contributed by atoms with van der Waals surface area (Å²) in [6.07, 6.45) is 4.82. The number of pyridine rings is 1. The summed E-state index contributed by atoms with van der Waals surface area (Å²) in [6.45, 7) is 2.45. The minimum Gasteiger partial charge on any atom is -0.471 e. The number of nitrogens with zero attached hydrogens (tertiary/aromatic N) is 4. The van der Waals surface area contributed by atoms with Crippen molar-refractivity contribution in [2.75, 3.05) is 36.9 Å². The largest absolute Gasteiger partial charge is 0.471 e. The van der Waals surface area contributed by atoms with Crippen LogP contribution in [0.4, 0.5) is 17.3 Å². The number of nitriles is 1. The number of fused-ring (bicyclic) bond motifs is 1. The van der Waals surface area contributed by atoms with Gasteiger partial charge in [0, 0.05) is 37.0 Å². The van der Waals surface area contributed by atoms with Crippen LogP contribution < -0.4 is 20.7 Å². The first-order valence-corrected chi connectivity index (χ1v) is 9.92. The molecule has 1 aliphatic heterocycles. The molecule has 0 bridgehead atoms. The maximum Gasteiger partial charge on any atom is 0.253 e. The van der Waals surface area contributed by atoms with E-state index in [1.807, 2.05) is 30.3 Å². The quantitative estimate of drug-likeness (QED) is 0.417. The van der Waals surface area contributed by atoms with Gasteiger partial charge < -0.3 is 25.8 Å². The molecular formula is C21H23N7O2. The van der Waals surface area contributed by atoms with Crippen molar-refractivity contribution in [1.29, 1.82) is 5.26 Å². The van der Waals surface area contributed by atoms with Gasteiger partial charge >= 0.3 is 0 Å². The Labute approximate surface area is 174 Å². The van der Waals surface area contributed by atoms with E-state index in [0.717, 1.165) is 36.0 Å². The molecule has 1 aromatic carbocycles. The second kappa shape index (κ2) is 9.35. The van der Waals surface area contributed by atoms with E-state index in [1.165, 1.54) is 6.20 Å². The zero-order chi connectivity index (χ0) is 20.8. The van der Waals surface area contributed by atoms with Crippen molar-refractivity contribution in [2.24, 2.45) is 0 Å². The van der Waals surface area contributed by atoms with Gasteiger partial charge in [-0.3, -0.25) is 0 Å². The molecule has 1 aliphatic rings. The van der Waals surface area contributed by atoms with Crippen molar-refractivity contribution < 1.29 is 9.84 Å². The molecule has 0 amide bonds. The lowest BCUT2D eigenvalue weighted by atomic mass is 10.1. The number of anilines is 3. The van der Waals surface area contributed by atoms with E-state index >= 15 is 0 Å². The van der Waals surface area contributed by atoms with Crippen LogP contribution in [0.1, 0.15) is 18.5 Å². The minimum atomic E-state index is -0.0165. The van der Waals surface area contributed by atoms with Crippen LogP contribution >= 0.6 is 0 Å². The highest BCUT2D eigenvalue weighted by Gasteiger charge is 2.19. The fraction of sp³-hybridized carbons (Fsp3) is 0.333. The van der Waals surface area contributed by atoms with Gasteiger partial charge in [0.1, 0.15) is 18.0 Å². The highest BCUT2D eigenvalue weighted by atomic mass is 16.5. The van der Waals surface area contributed by atoms with E-state index < -0.39 is 0 Å². The molecule has 3 aromatic rings. The van der Waals surface area contributed by atoms with Crippen LogP contribution in [0.5, 0.6) is 5.88 Å². The van der Waals surface area contributed by atoms with Crippen molar-refractivity contribution in [3.8, 4) is 11.9 Å². The smallest absolute Gasteiger partial charge is 0.253 e. The first-order valence-electron chi connectivity index (χ1n) is 9.92. The van der Waals surface area contributed by atoms with Gasteiger partial charge in [0.05, 0.1) is 6.20 Å². The lowest BCUT2D eigenvalue weighted by Gasteiger charge is -2.14. The molecule has 9 nitrogen and oxygen atoms in total. The topological polar surface area (TPSA) is 128 Å². The van der Waals surface area contributed by atoms with Gasteiger partial charge in [-0.1, -0.05) is 12.1 Å². The summed E-state index contributed by atoms with van der Waals surface area (Å²) >= 11 is 0. The molecule has 4 rings (SSSR count). The van der Waals surface area contributed by atoms with Gasteiger partial charge in [-0.2, -0.15) is 10.2 Å². The fourth-order valence-electron chi connectivity index (χ4n) is 3.31. The normalized spacial score (nSPS) is 15.7. The Balaban J connectivity index is 1.54. The molecule has 0 unspecified atom stereocenters. The van der Waals surface area contributed by atoms with Gasteiger partial charge in [-0.15, -0.1) is 0 Å². The molecular weight excluding hydrogens is 382 g/mol. The SMILES string of the molecule is N#Cc1ncc(Nc2cc3cccc(NCCCO)c3cn2)nc1O[C@@H]1CCNC1. The third-order valence-corrected chi connectivity index (χ3v) is 4.81. The third kappa shape index (κ3) is 4.56. The number of aliphatic hydroxyl groups is 1. The van der Waals surface area contributed by atoms with Crippen molar-refractivity contribution in [1.82, 2.24) is 20.3 Å². The van der Waals surface area contributed by atoms with E-state index in [9.17, 15) is 5.26 Å². The van der Waals surface area contributed by atoms with E-state index in [0.29, 0.717) is 24.6 Å². The first kappa shape index (κ1) is 19.8. The van der Waals surface area contributed by atoms with Crippen LogP contribution in [0.3, 0.4) is 0 Å². The Kier molecular flexibility index (Phi) is 6.17. The number of aliphatic hydroxyl groups excluding tert-OH is 1. The standard InChI is InChI=1S/C21H23N7O2/c22-10-18-21(30-15-5-7-23-11-15)28-20(13-25-18)27-19-9-14-3-1-4-17(16(14)12-26-19)24-6-2-8-29/h1,3-4,9,12-13,15,23-24,29H,2,5-8,11H2,(H,26,27,28)/t15-/m1/s1. The zero-order valence-electron chi connectivity index (χ0n) is 16.4. The summed E-state index contributed by atoms with van der Waals surface area (Å²) in [6, 6.07) is 9.91. The summed E-state index contributed by atoms with van der Waals surface area (Å²) < 4.78 is 5.86. The molecule has 154 valence electrons. The number of hydrogen-bond acceptors (Lipinski definition) is 9. The van der Waals surface area contributed by atoms with Crippen LogP contribution in [-0.2, 0) is 0 Å². The molecule has 0 radical (unpaired) electrons. The van der Waals surface area contributed by atoms with Crippen LogP contribution in [0.15, 0.2) is 36.7 Å². The average Bonchev–Trinajstić information content (AvgIpc) is 3.27. The number of benzene rings is 1. The second-order valence-corrected chi connectivity index (χ2v) is 6.98. The van der Waals surface area contributed by atoms with Crippen molar-refractivity contribution in [3.05, 3.63) is 42.4 Å². The van der Waals surface area contributed by atoms with Gasteiger partial charge in [-0.25, -0.2) is 9.97 Å². The molecule has 1 fully saturated rings. The highest BCUT2D eigenvalue weighted by molar-refractivity contribution is 5.94. The summed E-state index contributed by atoms with van der Waals surface area (Å²) in [5.74, 6) is 1.30. The Morgan fingerprint density at radius 1 is 1.27 bits per heavy atom. The molecule has 30 heavy (non-hydrogen) atoms. The van der Waals surface area contributed by atoms with Gasteiger partial charge in [0.25, 0.3) is 5.88 Å².